The van der Waals surface area contributed by atoms with Crippen molar-refractivity contribution in [1.82, 2.24) is 8.61 Å². The zero-order chi connectivity index (χ0) is 18.6. The fourth-order valence-electron chi connectivity index (χ4n) is 3.97. The summed E-state index contributed by atoms with van der Waals surface area (Å²) in [5.41, 5.74) is 1.05. The van der Waals surface area contributed by atoms with Gasteiger partial charge < -0.3 is 9.64 Å². The predicted octanol–water partition coefficient (Wildman–Crippen LogP) is 2.72. The Balaban J connectivity index is 1.64. The van der Waals surface area contributed by atoms with Crippen molar-refractivity contribution in [1.29, 1.82) is 0 Å². The highest BCUT2D eigenvalue weighted by molar-refractivity contribution is 7.86. The van der Waals surface area contributed by atoms with E-state index in [4.69, 9.17) is 4.74 Å². The molecule has 1 aromatic rings. The largest absolute Gasteiger partial charge is 0.492 e. The standard InChI is InChI=1S/C19H31N3O3S/c1-3-25-19-12-8-7-11-18(19)21-13-15-22(16-14-21)26(23,24)20(2)17-9-5-4-6-10-17/h7-8,11-12,17H,3-6,9-10,13-16H2,1-2H3. The minimum Gasteiger partial charge on any atom is -0.492 e. The van der Waals surface area contributed by atoms with Crippen molar-refractivity contribution in [3.63, 3.8) is 0 Å². The Labute approximate surface area is 157 Å². The van der Waals surface area contributed by atoms with Crippen LogP contribution in [-0.2, 0) is 10.2 Å². The van der Waals surface area contributed by atoms with E-state index in [2.05, 4.69) is 4.90 Å². The minimum atomic E-state index is -3.38. The molecular formula is C19H31N3O3S. The number of nitrogens with zero attached hydrogens (tertiary/aromatic N) is 3. The Morgan fingerprint density at radius 1 is 1.08 bits per heavy atom. The van der Waals surface area contributed by atoms with Crippen LogP contribution in [0.4, 0.5) is 5.69 Å². The maximum absolute atomic E-state index is 13.0. The Bertz CT molecular complexity index is 681. The van der Waals surface area contributed by atoms with Crippen LogP contribution in [0.15, 0.2) is 24.3 Å². The lowest BCUT2D eigenvalue weighted by molar-refractivity contribution is 0.259. The van der Waals surface area contributed by atoms with Gasteiger partial charge in [0.1, 0.15) is 5.75 Å². The Morgan fingerprint density at radius 3 is 2.38 bits per heavy atom. The van der Waals surface area contributed by atoms with Crippen LogP contribution in [0.1, 0.15) is 39.0 Å². The average Bonchev–Trinajstić information content (AvgIpc) is 2.69. The number of anilines is 1. The number of hydrogen-bond donors (Lipinski definition) is 0. The van der Waals surface area contributed by atoms with Gasteiger partial charge >= 0.3 is 0 Å². The SMILES string of the molecule is CCOc1ccccc1N1CCN(S(=O)(=O)N(C)C2CCCCC2)CC1. The van der Waals surface area contributed by atoms with E-state index in [-0.39, 0.29) is 6.04 Å². The van der Waals surface area contributed by atoms with E-state index in [1.165, 1.54) is 6.42 Å². The topological polar surface area (TPSA) is 53.1 Å². The van der Waals surface area contributed by atoms with Crippen molar-refractivity contribution in [2.45, 2.75) is 45.1 Å². The zero-order valence-corrected chi connectivity index (χ0v) is 16.7. The molecule has 7 heteroatoms. The molecule has 1 aliphatic heterocycles. The molecule has 2 fully saturated rings. The Morgan fingerprint density at radius 2 is 1.73 bits per heavy atom. The molecule has 6 nitrogen and oxygen atoms in total. The second-order valence-corrected chi connectivity index (χ2v) is 9.09. The molecule has 0 unspecified atom stereocenters. The number of benzene rings is 1. The summed E-state index contributed by atoms with van der Waals surface area (Å²) < 4.78 is 35.0. The molecule has 1 aliphatic carbocycles. The molecule has 1 aromatic carbocycles. The molecule has 1 saturated carbocycles. The van der Waals surface area contributed by atoms with Gasteiger partial charge in [-0.25, -0.2) is 0 Å². The van der Waals surface area contributed by atoms with Crippen molar-refractivity contribution in [2.24, 2.45) is 0 Å². The molecule has 0 radical (unpaired) electrons. The van der Waals surface area contributed by atoms with Crippen LogP contribution in [0.3, 0.4) is 0 Å². The highest BCUT2D eigenvalue weighted by atomic mass is 32.2. The first-order chi connectivity index (χ1) is 12.5. The van der Waals surface area contributed by atoms with Crippen molar-refractivity contribution in [2.75, 3.05) is 44.7 Å². The quantitative estimate of drug-likeness (QED) is 0.760. The smallest absolute Gasteiger partial charge is 0.282 e. The maximum atomic E-state index is 13.0. The molecule has 0 spiro atoms. The van der Waals surface area contributed by atoms with Crippen LogP contribution in [0.2, 0.25) is 0 Å². The van der Waals surface area contributed by atoms with Crippen LogP contribution in [0.25, 0.3) is 0 Å². The normalized spacial score (nSPS) is 20.5. The molecule has 0 N–H and O–H groups in total. The summed E-state index contributed by atoms with van der Waals surface area (Å²) >= 11 is 0. The summed E-state index contributed by atoms with van der Waals surface area (Å²) in [4.78, 5) is 2.22. The fraction of sp³-hybridized carbons (Fsp3) is 0.684. The van der Waals surface area contributed by atoms with Crippen molar-refractivity contribution >= 4 is 15.9 Å². The zero-order valence-electron chi connectivity index (χ0n) is 15.9. The van der Waals surface area contributed by atoms with Gasteiger partial charge in [0.05, 0.1) is 12.3 Å². The van der Waals surface area contributed by atoms with E-state index in [1.807, 2.05) is 31.2 Å². The van der Waals surface area contributed by atoms with Gasteiger partial charge in [-0.15, -0.1) is 0 Å². The maximum Gasteiger partial charge on any atom is 0.282 e. The van der Waals surface area contributed by atoms with Gasteiger partial charge in [0.2, 0.25) is 0 Å². The lowest BCUT2D eigenvalue weighted by Gasteiger charge is -2.39. The third-order valence-electron chi connectivity index (χ3n) is 5.52. The van der Waals surface area contributed by atoms with E-state index >= 15 is 0 Å². The number of ether oxygens (including phenoxy) is 1. The second kappa shape index (κ2) is 8.59. The summed E-state index contributed by atoms with van der Waals surface area (Å²) in [5, 5.41) is 0. The molecular weight excluding hydrogens is 350 g/mol. The molecule has 2 aliphatic rings. The number of hydrogen-bond acceptors (Lipinski definition) is 4. The summed E-state index contributed by atoms with van der Waals surface area (Å²) in [5.74, 6) is 0.866. The van der Waals surface area contributed by atoms with Gasteiger partial charge in [-0.05, 0) is 31.9 Å². The van der Waals surface area contributed by atoms with Crippen LogP contribution < -0.4 is 9.64 Å². The Kier molecular flexibility index (Phi) is 6.42. The molecule has 0 bridgehead atoms. The predicted molar refractivity (Wildman–Crippen MR) is 105 cm³/mol. The van der Waals surface area contributed by atoms with Gasteiger partial charge in [-0.3, -0.25) is 0 Å². The molecule has 0 atom stereocenters. The summed E-state index contributed by atoms with van der Waals surface area (Å²) in [6, 6.07) is 8.14. The second-order valence-electron chi connectivity index (χ2n) is 7.10. The molecule has 146 valence electrons. The van der Waals surface area contributed by atoms with E-state index in [0.717, 1.165) is 37.1 Å². The minimum absolute atomic E-state index is 0.158. The molecule has 1 heterocycles. The molecule has 26 heavy (non-hydrogen) atoms. The summed E-state index contributed by atoms with van der Waals surface area (Å²) in [7, 11) is -1.63. The van der Waals surface area contributed by atoms with E-state index in [0.29, 0.717) is 32.8 Å². The van der Waals surface area contributed by atoms with Gasteiger partial charge in [-0.1, -0.05) is 31.4 Å². The molecule has 0 aromatic heterocycles. The Hall–Kier alpha value is -1.31. The van der Waals surface area contributed by atoms with Gasteiger partial charge in [-0.2, -0.15) is 17.0 Å². The van der Waals surface area contributed by atoms with Gasteiger partial charge in [0.15, 0.2) is 0 Å². The highest BCUT2D eigenvalue weighted by Crippen LogP contribution is 2.30. The van der Waals surface area contributed by atoms with Crippen molar-refractivity contribution < 1.29 is 13.2 Å². The van der Waals surface area contributed by atoms with Crippen molar-refractivity contribution in [3.05, 3.63) is 24.3 Å². The summed E-state index contributed by atoms with van der Waals surface area (Å²) in [6.07, 6.45) is 5.45. The molecule has 1 saturated heterocycles. The van der Waals surface area contributed by atoms with Crippen LogP contribution in [-0.4, -0.2) is 62.9 Å². The third-order valence-corrected chi connectivity index (χ3v) is 7.57. The average molecular weight is 382 g/mol. The monoisotopic (exact) mass is 381 g/mol. The van der Waals surface area contributed by atoms with Gasteiger partial charge in [0, 0.05) is 39.3 Å². The number of para-hydroxylation sites is 2. The van der Waals surface area contributed by atoms with Crippen molar-refractivity contribution in [3.8, 4) is 5.75 Å². The van der Waals surface area contributed by atoms with E-state index in [9.17, 15) is 8.42 Å². The van der Waals surface area contributed by atoms with E-state index < -0.39 is 10.2 Å². The lowest BCUT2D eigenvalue weighted by atomic mass is 9.96. The van der Waals surface area contributed by atoms with Gasteiger partial charge in [0.25, 0.3) is 10.2 Å². The first-order valence-corrected chi connectivity index (χ1v) is 11.1. The molecule has 3 rings (SSSR count). The fourth-order valence-corrected chi connectivity index (χ4v) is 5.55. The van der Waals surface area contributed by atoms with Crippen LogP contribution in [0, 0.1) is 0 Å². The van der Waals surface area contributed by atoms with Crippen LogP contribution >= 0.6 is 0 Å². The number of rotatable bonds is 6. The first kappa shape index (κ1) is 19.5. The summed E-state index contributed by atoms with van der Waals surface area (Å²) in [6.45, 7) is 4.99. The number of piperazine rings is 1. The molecule has 0 amide bonds. The third kappa shape index (κ3) is 4.15. The lowest BCUT2D eigenvalue weighted by Crippen LogP contribution is -2.54. The first-order valence-electron chi connectivity index (χ1n) is 9.74. The highest BCUT2D eigenvalue weighted by Gasteiger charge is 2.34. The van der Waals surface area contributed by atoms with Crippen LogP contribution in [0.5, 0.6) is 5.75 Å². The van der Waals surface area contributed by atoms with E-state index in [1.54, 1.807) is 15.7 Å².